The van der Waals surface area contributed by atoms with E-state index in [4.69, 9.17) is 11.6 Å². The van der Waals surface area contributed by atoms with E-state index in [2.05, 4.69) is 38.2 Å². The third-order valence-electron chi connectivity index (χ3n) is 3.20. The Kier molecular flexibility index (Phi) is 5.86. The van der Waals surface area contributed by atoms with Crippen molar-refractivity contribution in [3.8, 4) is 0 Å². The fraction of sp³-hybridized carbons (Fsp3) is 0.571. The van der Waals surface area contributed by atoms with Crippen molar-refractivity contribution in [1.82, 2.24) is 5.32 Å². The summed E-state index contributed by atoms with van der Waals surface area (Å²) in [5.74, 6) is 0.653. The number of hydrogen-bond acceptors (Lipinski definition) is 1. The molecule has 0 aliphatic carbocycles. The normalized spacial score (nSPS) is 14.8. The molecule has 0 aliphatic rings. The van der Waals surface area contributed by atoms with E-state index >= 15 is 0 Å². The van der Waals surface area contributed by atoms with E-state index in [9.17, 15) is 0 Å². The zero-order valence-corrected chi connectivity index (χ0v) is 11.2. The Labute approximate surface area is 104 Å². The standard InChI is InChI=1S/C14H22ClN/c1-4-12(11(3)16-5-2)10-13-8-6-7-9-14(13)15/h6-9,11-12,16H,4-5,10H2,1-3H3. The predicted octanol–water partition coefficient (Wildman–Crippen LogP) is 3.91. The van der Waals surface area contributed by atoms with Gasteiger partial charge in [0.1, 0.15) is 0 Å². The highest BCUT2D eigenvalue weighted by molar-refractivity contribution is 6.31. The van der Waals surface area contributed by atoms with Crippen LogP contribution in [0, 0.1) is 5.92 Å². The van der Waals surface area contributed by atoms with Crippen LogP contribution in [0.2, 0.25) is 5.02 Å². The molecule has 0 bridgehead atoms. The maximum absolute atomic E-state index is 6.19. The molecule has 1 nitrogen and oxygen atoms in total. The van der Waals surface area contributed by atoms with E-state index in [0.29, 0.717) is 12.0 Å². The molecule has 1 rings (SSSR count). The van der Waals surface area contributed by atoms with Gasteiger partial charge in [-0.2, -0.15) is 0 Å². The maximum atomic E-state index is 6.19. The second-order valence-electron chi connectivity index (χ2n) is 4.31. The molecule has 90 valence electrons. The molecule has 1 aromatic carbocycles. The fourth-order valence-electron chi connectivity index (χ4n) is 2.11. The lowest BCUT2D eigenvalue weighted by Gasteiger charge is -2.23. The summed E-state index contributed by atoms with van der Waals surface area (Å²) in [5, 5.41) is 4.39. The molecule has 0 saturated heterocycles. The third kappa shape index (κ3) is 3.80. The van der Waals surface area contributed by atoms with Crippen LogP contribution in [0.4, 0.5) is 0 Å². The molecule has 2 atom stereocenters. The maximum Gasteiger partial charge on any atom is 0.0438 e. The van der Waals surface area contributed by atoms with Crippen LogP contribution >= 0.6 is 11.6 Å². The Bertz CT molecular complexity index is 311. The first kappa shape index (κ1) is 13.5. The largest absolute Gasteiger partial charge is 0.314 e. The quantitative estimate of drug-likeness (QED) is 0.794. The van der Waals surface area contributed by atoms with E-state index in [1.807, 2.05) is 12.1 Å². The first-order chi connectivity index (χ1) is 7.69. The summed E-state index contributed by atoms with van der Waals surface area (Å²) in [7, 11) is 0. The van der Waals surface area contributed by atoms with Crippen LogP contribution in [0.1, 0.15) is 32.8 Å². The van der Waals surface area contributed by atoms with Crippen molar-refractivity contribution in [2.24, 2.45) is 5.92 Å². The van der Waals surface area contributed by atoms with Crippen molar-refractivity contribution >= 4 is 11.6 Å². The zero-order valence-electron chi connectivity index (χ0n) is 10.5. The molecule has 2 unspecified atom stereocenters. The lowest BCUT2D eigenvalue weighted by Crippen LogP contribution is -2.34. The molecule has 1 aromatic rings. The van der Waals surface area contributed by atoms with Crippen LogP contribution in [-0.4, -0.2) is 12.6 Å². The summed E-state index contributed by atoms with van der Waals surface area (Å²) in [6.45, 7) is 7.68. The highest BCUT2D eigenvalue weighted by atomic mass is 35.5. The lowest BCUT2D eigenvalue weighted by atomic mass is 9.91. The van der Waals surface area contributed by atoms with Crippen LogP contribution < -0.4 is 5.32 Å². The zero-order chi connectivity index (χ0) is 12.0. The second-order valence-corrected chi connectivity index (χ2v) is 4.72. The van der Waals surface area contributed by atoms with Crippen molar-refractivity contribution in [1.29, 1.82) is 0 Å². The predicted molar refractivity (Wildman–Crippen MR) is 72.1 cm³/mol. The number of halogens is 1. The van der Waals surface area contributed by atoms with Gasteiger partial charge in [-0.25, -0.2) is 0 Å². The highest BCUT2D eigenvalue weighted by Crippen LogP contribution is 2.22. The van der Waals surface area contributed by atoms with Gasteiger partial charge in [-0.05, 0) is 37.4 Å². The summed E-state index contributed by atoms with van der Waals surface area (Å²) in [5.41, 5.74) is 1.26. The smallest absolute Gasteiger partial charge is 0.0438 e. The topological polar surface area (TPSA) is 12.0 Å². The minimum Gasteiger partial charge on any atom is -0.314 e. The van der Waals surface area contributed by atoms with Gasteiger partial charge in [-0.3, -0.25) is 0 Å². The first-order valence-electron chi connectivity index (χ1n) is 6.15. The molecule has 16 heavy (non-hydrogen) atoms. The van der Waals surface area contributed by atoms with Gasteiger partial charge in [0.15, 0.2) is 0 Å². The van der Waals surface area contributed by atoms with Gasteiger partial charge in [0, 0.05) is 11.1 Å². The minimum atomic E-state index is 0.547. The fourth-order valence-corrected chi connectivity index (χ4v) is 2.32. The Morgan fingerprint density at radius 1 is 1.25 bits per heavy atom. The van der Waals surface area contributed by atoms with Gasteiger partial charge >= 0.3 is 0 Å². The molecular formula is C14H22ClN. The molecule has 0 saturated carbocycles. The molecule has 2 heteroatoms. The number of rotatable bonds is 6. The summed E-state index contributed by atoms with van der Waals surface area (Å²) in [6.07, 6.45) is 2.24. The monoisotopic (exact) mass is 239 g/mol. The third-order valence-corrected chi connectivity index (χ3v) is 3.57. The second kappa shape index (κ2) is 6.93. The SMILES string of the molecule is CCNC(C)C(CC)Cc1ccccc1Cl. The summed E-state index contributed by atoms with van der Waals surface area (Å²) >= 11 is 6.19. The lowest BCUT2D eigenvalue weighted by molar-refractivity contribution is 0.368. The van der Waals surface area contributed by atoms with Crippen LogP contribution in [-0.2, 0) is 6.42 Å². The van der Waals surface area contributed by atoms with Crippen molar-refractivity contribution in [3.05, 3.63) is 34.9 Å². The van der Waals surface area contributed by atoms with E-state index in [-0.39, 0.29) is 0 Å². The highest BCUT2D eigenvalue weighted by Gasteiger charge is 2.15. The van der Waals surface area contributed by atoms with E-state index in [0.717, 1.165) is 18.0 Å². The first-order valence-corrected chi connectivity index (χ1v) is 6.53. The van der Waals surface area contributed by atoms with Crippen LogP contribution in [0.15, 0.2) is 24.3 Å². The Hall–Kier alpha value is -0.530. The summed E-state index contributed by atoms with van der Waals surface area (Å²) in [4.78, 5) is 0. The van der Waals surface area contributed by atoms with Gasteiger partial charge in [0.2, 0.25) is 0 Å². The molecule has 0 radical (unpaired) electrons. The van der Waals surface area contributed by atoms with E-state index < -0.39 is 0 Å². The Balaban J connectivity index is 2.66. The van der Waals surface area contributed by atoms with Gasteiger partial charge in [-0.1, -0.05) is 50.1 Å². The summed E-state index contributed by atoms with van der Waals surface area (Å²) in [6, 6.07) is 8.70. The molecule has 0 fully saturated rings. The van der Waals surface area contributed by atoms with Gasteiger partial charge in [-0.15, -0.1) is 0 Å². The molecule has 0 aliphatic heterocycles. The average molecular weight is 240 g/mol. The molecule has 1 N–H and O–H groups in total. The van der Waals surface area contributed by atoms with E-state index in [1.165, 1.54) is 12.0 Å². The average Bonchev–Trinajstić information content (AvgIpc) is 2.28. The van der Waals surface area contributed by atoms with Crippen LogP contribution in [0.25, 0.3) is 0 Å². The van der Waals surface area contributed by atoms with Gasteiger partial charge < -0.3 is 5.32 Å². The van der Waals surface area contributed by atoms with Crippen LogP contribution in [0.3, 0.4) is 0 Å². The number of benzene rings is 1. The van der Waals surface area contributed by atoms with Crippen LogP contribution in [0.5, 0.6) is 0 Å². The summed E-state index contributed by atoms with van der Waals surface area (Å²) < 4.78 is 0. The molecular weight excluding hydrogens is 218 g/mol. The van der Waals surface area contributed by atoms with Gasteiger partial charge in [0.05, 0.1) is 0 Å². The molecule has 0 heterocycles. The van der Waals surface area contributed by atoms with Crippen molar-refractivity contribution < 1.29 is 0 Å². The molecule has 0 spiro atoms. The Morgan fingerprint density at radius 2 is 1.94 bits per heavy atom. The van der Waals surface area contributed by atoms with E-state index in [1.54, 1.807) is 0 Å². The molecule has 0 amide bonds. The number of hydrogen-bond donors (Lipinski definition) is 1. The minimum absolute atomic E-state index is 0.547. The van der Waals surface area contributed by atoms with Crippen molar-refractivity contribution in [3.63, 3.8) is 0 Å². The number of nitrogens with one attached hydrogen (secondary N) is 1. The Morgan fingerprint density at radius 3 is 2.50 bits per heavy atom. The van der Waals surface area contributed by atoms with Crippen molar-refractivity contribution in [2.75, 3.05) is 6.54 Å². The van der Waals surface area contributed by atoms with Gasteiger partial charge in [0.25, 0.3) is 0 Å². The van der Waals surface area contributed by atoms with Crippen molar-refractivity contribution in [2.45, 2.75) is 39.7 Å². The molecule has 0 aromatic heterocycles.